The number of hydrogen-bond acceptors (Lipinski definition) is 1. The molecule has 0 saturated heterocycles. The van der Waals surface area contributed by atoms with Gasteiger partial charge in [0.1, 0.15) is 0 Å². The number of terminal acetylenes is 1. The van der Waals surface area contributed by atoms with Crippen LogP contribution in [0.15, 0.2) is 23.4 Å². The fraction of sp³-hybridized carbons (Fsp3) is 0.500. The van der Waals surface area contributed by atoms with E-state index in [1.54, 1.807) is 6.92 Å². The quantitative estimate of drug-likeness (QED) is 0.465. The zero-order valence-electron chi connectivity index (χ0n) is 9.68. The highest BCUT2D eigenvalue weighted by molar-refractivity contribution is 5.12. The Kier molecular flexibility index (Phi) is 9.87. The van der Waals surface area contributed by atoms with Crippen LogP contribution in [0.2, 0.25) is 0 Å². The van der Waals surface area contributed by atoms with Crippen LogP contribution in [0.5, 0.6) is 0 Å². The number of nitrogens with zero attached hydrogens (tertiary/aromatic N) is 1. The van der Waals surface area contributed by atoms with Crippen LogP contribution in [0.4, 0.5) is 0 Å². The molecule has 0 fully saturated rings. The van der Waals surface area contributed by atoms with E-state index < -0.39 is 0 Å². The topological polar surface area (TPSA) is 3.24 Å². The number of rotatable bonds is 2. The summed E-state index contributed by atoms with van der Waals surface area (Å²) in [6.07, 6.45) is 8.84. The minimum absolute atomic E-state index is 1.28. The second-order valence-electron chi connectivity index (χ2n) is 3.24. The van der Waals surface area contributed by atoms with E-state index in [1.807, 2.05) is 14.1 Å². The van der Waals surface area contributed by atoms with Gasteiger partial charge in [-0.1, -0.05) is 11.6 Å². The van der Waals surface area contributed by atoms with Crippen molar-refractivity contribution in [1.29, 1.82) is 0 Å². The molecule has 0 unspecified atom stereocenters. The van der Waals surface area contributed by atoms with Crippen molar-refractivity contribution in [3.8, 4) is 12.3 Å². The fourth-order valence-electron chi connectivity index (χ4n) is 0.436. The lowest BCUT2D eigenvalue weighted by molar-refractivity contribution is 0.514. The smallest absolute Gasteiger partial charge is 0.00958 e. The molecule has 0 bridgehead atoms. The summed E-state index contributed by atoms with van der Waals surface area (Å²) in [5.41, 5.74) is 2.61. The minimum atomic E-state index is 1.28. The molecular formula is C12H21N. The molecule has 0 aliphatic rings. The van der Waals surface area contributed by atoms with Crippen LogP contribution in [0.3, 0.4) is 0 Å². The Morgan fingerprint density at radius 3 is 1.77 bits per heavy atom. The van der Waals surface area contributed by atoms with E-state index >= 15 is 0 Å². The lowest BCUT2D eigenvalue weighted by atomic mass is 10.3. The van der Waals surface area contributed by atoms with E-state index in [9.17, 15) is 0 Å². The molecule has 0 aliphatic carbocycles. The molecule has 0 amide bonds. The van der Waals surface area contributed by atoms with Crippen LogP contribution in [0, 0.1) is 12.3 Å². The van der Waals surface area contributed by atoms with Gasteiger partial charge in [0.2, 0.25) is 0 Å². The van der Waals surface area contributed by atoms with Gasteiger partial charge in [-0.2, -0.15) is 0 Å². The first-order valence-electron chi connectivity index (χ1n) is 4.32. The monoisotopic (exact) mass is 179 g/mol. The average Bonchev–Trinajstić information content (AvgIpc) is 2.01. The summed E-state index contributed by atoms with van der Waals surface area (Å²) in [6, 6.07) is 0. The van der Waals surface area contributed by atoms with Crippen LogP contribution in [-0.2, 0) is 0 Å². The molecule has 0 spiro atoms. The van der Waals surface area contributed by atoms with Crippen molar-refractivity contribution in [3.05, 3.63) is 23.4 Å². The minimum Gasteiger partial charge on any atom is -0.381 e. The normalized spacial score (nSPS) is 9.15. The maximum atomic E-state index is 4.60. The van der Waals surface area contributed by atoms with Crippen molar-refractivity contribution >= 4 is 0 Å². The summed E-state index contributed by atoms with van der Waals surface area (Å²) < 4.78 is 0. The van der Waals surface area contributed by atoms with Crippen LogP contribution < -0.4 is 0 Å². The number of hydrogen-bond donors (Lipinski definition) is 0. The van der Waals surface area contributed by atoms with Gasteiger partial charge in [-0.3, -0.25) is 0 Å². The van der Waals surface area contributed by atoms with Gasteiger partial charge in [-0.25, -0.2) is 0 Å². The molecule has 0 aromatic carbocycles. The Morgan fingerprint density at radius 2 is 1.54 bits per heavy atom. The highest BCUT2D eigenvalue weighted by Crippen LogP contribution is 1.98. The molecule has 1 nitrogen and oxygen atoms in total. The average molecular weight is 179 g/mol. The Labute approximate surface area is 83.1 Å². The third kappa shape index (κ3) is 13.8. The van der Waals surface area contributed by atoms with Crippen molar-refractivity contribution in [2.24, 2.45) is 0 Å². The van der Waals surface area contributed by atoms with Gasteiger partial charge in [-0.05, 0) is 33.8 Å². The standard InChI is InChI=1S/C9H17N.C3H4/c1-8(2)6-7-9(3)10(4)5;1-3-2/h6-7H,1-5H3;1H,2H3/b9-7+;. The largest absolute Gasteiger partial charge is 0.381 e. The maximum absolute atomic E-state index is 4.60. The van der Waals surface area contributed by atoms with E-state index in [0.29, 0.717) is 0 Å². The third-order valence-electron chi connectivity index (χ3n) is 1.36. The molecule has 0 atom stereocenters. The summed E-state index contributed by atoms with van der Waals surface area (Å²) >= 11 is 0. The van der Waals surface area contributed by atoms with Crippen LogP contribution >= 0.6 is 0 Å². The second kappa shape index (κ2) is 8.93. The molecule has 74 valence electrons. The molecule has 0 aromatic heterocycles. The zero-order chi connectivity index (χ0) is 10.9. The third-order valence-corrected chi connectivity index (χ3v) is 1.36. The summed E-state index contributed by atoms with van der Waals surface area (Å²) in [7, 11) is 4.09. The number of allylic oxidation sites excluding steroid dienone is 4. The first-order chi connectivity index (χ1) is 5.95. The predicted octanol–water partition coefficient (Wildman–Crippen LogP) is 3.06. The van der Waals surface area contributed by atoms with Crippen LogP contribution in [0.1, 0.15) is 27.7 Å². The van der Waals surface area contributed by atoms with Gasteiger partial charge < -0.3 is 4.90 Å². The van der Waals surface area contributed by atoms with Gasteiger partial charge >= 0.3 is 0 Å². The molecule has 1 heteroatoms. The Balaban J connectivity index is 0. The molecule has 0 aliphatic heterocycles. The molecule has 0 rings (SSSR count). The lowest BCUT2D eigenvalue weighted by Gasteiger charge is -2.11. The zero-order valence-corrected chi connectivity index (χ0v) is 9.68. The second-order valence-corrected chi connectivity index (χ2v) is 3.24. The Morgan fingerprint density at radius 1 is 1.15 bits per heavy atom. The van der Waals surface area contributed by atoms with E-state index in [-0.39, 0.29) is 0 Å². The molecular weight excluding hydrogens is 158 g/mol. The lowest BCUT2D eigenvalue weighted by Crippen LogP contribution is -2.07. The van der Waals surface area contributed by atoms with E-state index in [4.69, 9.17) is 0 Å². The van der Waals surface area contributed by atoms with Gasteiger partial charge in [0.05, 0.1) is 0 Å². The van der Waals surface area contributed by atoms with E-state index in [1.165, 1.54) is 11.3 Å². The molecule has 0 saturated carbocycles. The van der Waals surface area contributed by atoms with Crippen molar-refractivity contribution in [3.63, 3.8) is 0 Å². The van der Waals surface area contributed by atoms with Gasteiger partial charge in [0.15, 0.2) is 0 Å². The van der Waals surface area contributed by atoms with Crippen molar-refractivity contribution in [2.75, 3.05) is 14.1 Å². The van der Waals surface area contributed by atoms with Gasteiger partial charge in [0.25, 0.3) is 0 Å². The van der Waals surface area contributed by atoms with E-state index in [2.05, 4.69) is 50.2 Å². The molecule has 0 radical (unpaired) electrons. The predicted molar refractivity (Wildman–Crippen MR) is 61.4 cm³/mol. The van der Waals surface area contributed by atoms with Crippen molar-refractivity contribution < 1.29 is 0 Å². The van der Waals surface area contributed by atoms with E-state index in [0.717, 1.165) is 0 Å². The summed E-state index contributed by atoms with van der Waals surface area (Å²) in [6.45, 7) is 7.94. The van der Waals surface area contributed by atoms with Gasteiger partial charge in [0, 0.05) is 19.8 Å². The molecule has 13 heavy (non-hydrogen) atoms. The molecule has 0 aromatic rings. The molecule has 0 heterocycles. The van der Waals surface area contributed by atoms with Crippen molar-refractivity contribution in [1.82, 2.24) is 4.90 Å². The highest BCUT2D eigenvalue weighted by atomic mass is 15.1. The first kappa shape index (κ1) is 14.4. The Hall–Kier alpha value is -1.16. The molecule has 0 N–H and O–H groups in total. The SMILES string of the molecule is C#CC.CC(C)=C/C=C(\C)N(C)C. The summed E-state index contributed by atoms with van der Waals surface area (Å²) in [5, 5.41) is 0. The maximum Gasteiger partial charge on any atom is 0.00958 e. The highest BCUT2D eigenvalue weighted by Gasteiger charge is 1.86. The summed E-state index contributed by atoms with van der Waals surface area (Å²) in [4.78, 5) is 2.10. The van der Waals surface area contributed by atoms with Gasteiger partial charge in [-0.15, -0.1) is 12.3 Å². The van der Waals surface area contributed by atoms with Crippen LogP contribution in [-0.4, -0.2) is 19.0 Å². The van der Waals surface area contributed by atoms with Crippen molar-refractivity contribution in [2.45, 2.75) is 27.7 Å². The summed E-state index contributed by atoms with van der Waals surface area (Å²) in [5.74, 6) is 2.25. The first-order valence-corrected chi connectivity index (χ1v) is 4.32. The Bertz CT molecular complexity index is 210. The van der Waals surface area contributed by atoms with Crippen LogP contribution in [0.25, 0.3) is 0 Å². The fourth-order valence-corrected chi connectivity index (χ4v) is 0.436.